The summed E-state index contributed by atoms with van der Waals surface area (Å²) in [6.45, 7) is 18.2. The van der Waals surface area contributed by atoms with Crippen LogP contribution in [0.15, 0.2) is 0 Å². The number of carbonyl (C=O) groups excluding carboxylic acids is 7. The highest BCUT2D eigenvalue weighted by molar-refractivity contribution is 5.77. The first-order valence-corrected chi connectivity index (χ1v) is 31.5. The van der Waals surface area contributed by atoms with Gasteiger partial charge in [-0.25, -0.2) is 4.79 Å². The van der Waals surface area contributed by atoms with Crippen LogP contribution < -0.4 is 0 Å². The molecule has 0 spiro atoms. The van der Waals surface area contributed by atoms with E-state index in [0.29, 0.717) is 95.6 Å². The van der Waals surface area contributed by atoms with Gasteiger partial charge in [0.25, 0.3) is 0 Å². The Hall–Kier alpha value is -4.03. The molecule has 4 aliphatic carbocycles. The van der Waals surface area contributed by atoms with Gasteiger partial charge in [-0.05, 0) is 162 Å². The maximum absolute atomic E-state index is 13.1. The van der Waals surface area contributed by atoms with E-state index >= 15 is 0 Å². The zero-order valence-corrected chi connectivity index (χ0v) is 51.4. The van der Waals surface area contributed by atoms with Gasteiger partial charge in [0.1, 0.15) is 12.7 Å². The molecule has 0 heterocycles. The molecule has 4 saturated carbocycles. The number of carbonyl (C=O) groups is 7. The number of hydrogen-bond acceptors (Lipinski definition) is 18. The predicted molar refractivity (Wildman–Crippen MR) is 307 cm³/mol. The van der Waals surface area contributed by atoms with Gasteiger partial charge in [-0.2, -0.15) is 0 Å². The molecule has 4 rings (SSSR count). The summed E-state index contributed by atoms with van der Waals surface area (Å²) in [5.41, 5.74) is 0.760. The standard InChI is InChI=1S/C63H108N2O16/c1-9-17-55(66)74-38-10-11-40-76-59(70)29-36-65(37-30-60(71)77-41-13-12-39-75-58(69)28-35-64(7)33-15-42-78-56(67)24-25-57(68)79-45-44-73-8)34-16-43-80-61(72)81-50-26-31-62(5)49(46-50)20-21-51-53-23-22-52(48(4)19-14-18-47(2)3)63(53,6)32-27-54(51)62/h47-54H,9-46H2,1-8H3/t48-,49+,50?,51?,52-,53?,54?,62+,63-/m1/s1. The second-order valence-electron chi connectivity index (χ2n) is 24.9. The Balaban J connectivity index is 1.11. The largest absolute Gasteiger partial charge is 0.508 e. The summed E-state index contributed by atoms with van der Waals surface area (Å²) >= 11 is 0. The maximum atomic E-state index is 13.1. The average Bonchev–Trinajstić information content (AvgIpc) is 4.03. The summed E-state index contributed by atoms with van der Waals surface area (Å²) in [5.74, 6) is 3.11. The molecule has 0 aromatic carbocycles. The number of nitrogens with zero attached hydrogens (tertiary/aromatic N) is 2. The highest BCUT2D eigenvalue weighted by Crippen LogP contribution is 2.68. The van der Waals surface area contributed by atoms with Crippen molar-refractivity contribution in [1.29, 1.82) is 0 Å². The van der Waals surface area contributed by atoms with E-state index in [-0.39, 0.29) is 114 Å². The normalized spacial score (nSPS) is 24.3. The van der Waals surface area contributed by atoms with Gasteiger partial charge in [0, 0.05) is 46.3 Å². The number of esters is 6. The summed E-state index contributed by atoms with van der Waals surface area (Å²) in [5, 5.41) is 0. The van der Waals surface area contributed by atoms with Crippen LogP contribution in [0.25, 0.3) is 0 Å². The third kappa shape index (κ3) is 25.4. The van der Waals surface area contributed by atoms with Gasteiger partial charge in [-0.3, -0.25) is 28.8 Å². The number of ether oxygens (including phenoxy) is 9. The lowest BCUT2D eigenvalue weighted by Crippen LogP contribution is -2.54. The van der Waals surface area contributed by atoms with E-state index in [1.54, 1.807) is 0 Å². The molecule has 18 heteroatoms. The van der Waals surface area contributed by atoms with E-state index in [4.69, 9.17) is 42.6 Å². The number of unbranched alkanes of at least 4 members (excludes halogenated alkanes) is 2. The minimum atomic E-state index is -0.634. The molecule has 0 aliphatic heterocycles. The first-order valence-electron chi connectivity index (χ1n) is 31.5. The van der Waals surface area contributed by atoms with Gasteiger partial charge < -0.3 is 52.4 Å². The first kappa shape index (κ1) is 69.5. The van der Waals surface area contributed by atoms with Crippen molar-refractivity contribution < 1.29 is 76.2 Å². The fraction of sp³-hybridized carbons (Fsp3) is 0.889. The predicted octanol–water partition coefficient (Wildman–Crippen LogP) is 10.9. The third-order valence-electron chi connectivity index (χ3n) is 18.5. The summed E-state index contributed by atoms with van der Waals surface area (Å²) in [6.07, 6.45) is 18.8. The van der Waals surface area contributed by atoms with Crippen LogP contribution in [0.4, 0.5) is 4.79 Å². The van der Waals surface area contributed by atoms with Gasteiger partial charge in [-0.1, -0.05) is 60.8 Å². The molecule has 9 atom stereocenters. The van der Waals surface area contributed by atoms with E-state index in [9.17, 15) is 33.6 Å². The molecule has 0 aromatic heterocycles. The van der Waals surface area contributed by atoms with Crippen LogP contribution >= 0.6 is 0 Å². The molecule has 4 fully saturated rings. The Bertz CT molecular complexity index is 1880. The molecule has 0 aromatic rings. The lowest BCUT2D eigenvalue weighted by Gasteiger charge is -2.61. The van der Waals surface area contributed by atoms with Crippen LogP contribution in [0.2, 0.25) is 0 Å². The van der Waals surface area contributed by atoms with E-state index in [2.05, 4.69) is 34.6 Å². The average molecular weight is 1150 g/mol. The number of methoxy groups -OCH3 is 1. The van der Waals surface area contributed by atoms with Crippen LogP contribution in [0.1, 0.15) is 202 Å². The molecule has 4 aliphatic rings. The molecule has 0 N–H and O–H groups in total. The zero-order chi connectivity index (χ0) is 59.0. The van der Waals surface area contributed by atoms with Crippen molar-refractivity contribution >= 4 is 42.0 Å². The van der Waals surface area contributed by atoms with Crippen molar-refractivity contribution in [3.05, 3.63) is 0 Å². The van der Waals surface area contributed by atoms with Crippen molar-refractivity contribution in [1.82, 2.24) is 9.80 Å². The van der Waals surface area contributed by atoms with Crippen LogP contribution in [-0.4, -0.2) is 158 Å². The van der Waals surface area contributed by atoms with Crippen LogP contribution in [0, 0.1) is 52.3 Å². The first-order chi connectivity index (χ1) is 38.9. The molecule has 18 nitrogen and oxygen atoms in total. The number of hydrogen-bond donors (Lipinski definition) is 0. The lowest BCUT2D eigenvalue weighted by atomic mass is 9.44. The molecule has 0 radical (unpaired) electrons. The second kappa shape index (κ2) is 38.0. The van der Waals surface area contributed by atoms with Crippen molar-refractivity contribution in [2.75, 3.05) is 99.7 Å². The Labute approximate surface area is 486 Å². The fourth-order valence-corrected chi connectivity index (χ4v) is 13.9. The topological polar surface area (TPSA) is 209 Å². The molecule has 0 bridgehead atoms. The summed E-state index contributed by atoms with van der Waals surface area (Å²) < 4.78 is 48.0. The Morgan fingerprint density at radius 1 is 0.494 bits per heavy atom. The van der Waals surface area contributed by atoms with Gasteiger partial charge in [0.05, 0.1) is 78.4 Å². The number of rotatable bonds is 41. The second-order valence-corrected chi connectivity index (χ2v) is 24.9. The molecule has 0 amide bonds. The molecular weight excluding hydrogens is 1040 g/mol. The van der Waals surface area contributed by atoms with E-state index in [1.807, 2.05) is 23.8 Å². The van der Waals surface area contributed by atoms with E-state index in [1.165, 1.54) is 64.9 Å². The van der Waals surface area contributed by atoms with Crippen molar-refractivity contribution in [2.45, 2.75) is 208 Å². The Morgan fingerprint density at radius 2 is 1.00 bits per heavy atom. The highest BCUT2D eigenvalue weighted by Gasteiger charge is 2.60. The van der Waals surface area contributed by atoms with Crippen LogP contribution in [0.5, 0.6) is 0 Å². The lowest BCUT2D eigenvalue weighted by molar-refractivity contribution is -0.151. The summed E-state index contributed by atoms with van der Waals surface area (Å²) in [6, 6.07) is 0. The van der Waals surface area contributed by atoms with Crippen molar-refractivity contribution in [3.63, 3.8) is 0 Å². The molecule has 466 valence electrons. The Morgan fingerprint density at radius 3 is 1.58 bits per heavy atom. The van der Waals surface area contributed by atoms with Crippen molar-refractivity contribution in [2.24, 2.45) is 52.3 Å². The van der Waals surface area contributed by atoms with Crippen molar-refractivity contribution in [3.8, 4) is 0 Å². The number of fused-ring (bicyclic) bond motifs is 5. The zero-order valence-electron chi connectivity index (χ0n) is 51.4. The van der Waals surface area contributed by atoms with Gasteiger partial charge in [0.15, 0.2) is 0 Å². The summed E-state index contributed by atoms with van der Waals surface area (Å²) in [7, 11) is 3.36. The smallest absolute Gasteiger partial charge is 0.466 e. The van der Waals surface area contributed by atoms with Gasteiger partial charge in [0.2, 0.25) is 0 Å². The van der Waals surface area contributed by atoms with Crippen LogP contribution in [0.3, 0.4) is 0 Å². The Kier molecular flexibility index (Phi) is 32.6. The van der Waals surface area contributed by atoms with Crippen LogP contribution in [-0.2, 0) is 71.4 Å². The third-order valence-corrected chi connectivity index (χ3v) is 18.5. The molecular formula is C63H108N2O16. The highest BCUT2D eigenvalue weighted by atomic mass is 16.7. The van der Waals surface area contributed by atoms with Gasteiger partial charge in [-0.15, -0.1) is 0 Å². The quantitative estimate of drug-likeness (QED) is 0.0317. The SMILES string of the molecule is CCCC(=O)OCCCCOC(=O)CCN(CCCOC(=O)OC1CC[C@]2(C)C3CC[C@@]4(C)C(CC[C@@H]4[C@H](C)CCCC(C)C)C3CC[C@H]2C1)CCC(=O)OCCCCOC(=O)CCN(C)CCCOC(=O)CCC(=O)OCCOC. The molecule has 4 unspecified atom stereocenters. The molecule has 81 heavy (non-hydrogen) atoms. The maximum Gasteiger partial charge on any atom is 0.508 e. The minimum absolute atomic E-state index is 0.0536. The van der Waals surface area contributed by atoms with E-state index < -0.39 is 18.1 Å². The summed E-state index contributed by atoms with van der Waals surface area (Å²) in [4.78, 5) is 90.1. The molecule has 0 saturated heterocycles. The minimum Gasteiger partial charge on any atom is -0.466 e. The monoisotopic (exact) mass is 1150 g/mol. The van der Waals surface area contributed by atoms with Gasteiger partial charge >= 0.3 is 42.0 Å². The van der Waals surface area contributed by atoms with E-state index in [0.717, 1.165) is 61.2 Å². The fourth-order valence-electron chi connectivity index (χ4n) is 13.9.